The van der Waals surface area contributed by atoms with Crippen molar-refractivity contribution >= 4 is 34.4 Å². The molecule has 0 saturated heterocycles. The van der Waals surface area contributed by atoms with E-state index in [1.807, 2.05) is 13.8 Å². The fourth-order valence-electron chi connectivity index (χ4n) is 3.67. The second-order valence-electron chi connectivity index (χ2n) is 9.27. The van der Waals surface area contributed by atoms with Crippen molar-refractivity contribution in [3.8, 4) is 0 Å². The van der Waals surface area contributed by atoms with Crippen LogP contribution in [0, 0.1) is 12.8 Å². The Morgan fingerprint density at radius 3 is 2.29 bits per heavy atom. The number of hydrogen-bond acceptors (Lipinski definition) is 7. The van der Waals surface area contributed by atoms with Crippen molar-refractivity contribution in [3.05, 3.63) is 40.2 Å². The largest absolute Gasteiger partial charge is 0.423 e. The van der Waals surface area contributed by atoms with Gasteiger partial charge in [0.25, 0.3) is 0 Å². The highest BCUT2D eigenvalue weighted by Crippen LogP contribution is 2.21. The molecule has 192 valence electrons. The summed E-state index contributed by atoms with van der Waals surface area (Å²) in [5.41, 5.74) is 12.3. The average Bonchev–Trinajstić information content (AvgIpc) is 2.77. The van der Waals surface area contributed by atoms with Gasteiger partial charge in [-0.05, 0) is 69.7 Å². The molecule has 1 heterocycles. The van der Waals surface area contributed by atoms with Gasteiger partial charge >= 0.3 is 5.63 Å². The maximum atomic E-state index is 13.1. The Hall–Kier alpha value is -3.24. The number of nitrogens with one attached hydrogen (secondary N) is 3. The highest BCUT2D eigenvalue weighted by molar-refractivity contribution is 5.99. The Labute approximate surface area is 205 Å². The van der Waals surface area contributed by atoms with Crippen molar-refractivity contribution in [2.45, 2.75) is 71.5 Å². The van der Waals surface area contributed by atoms with Gasteiger partial charge in [0.05, 0.1) is 6.04 Å². The number of carbonyl (C=O) groups is 3. The molecule has 2 aromatic rings. The second-order valence-corrected chi connectivity index (χ2v) is 9.27. The first-order valence-corrected chi connectivity index (χ1v) is 11.9. The number of nitrogens with two attached hydrogens (primary N) is 2. The molecule has 0 aliphatic rings. The van der Waals surface area contributed by atoms with E-state index < -0.39 is 41.5 Å². The van der Waals surface area contributed by atoms with E-state index >= 15 is 0 Å². The first-order valence-electron chi connectivity index (χ1n) is 11.9. The first kappa shape index (κ1) is 28.0. The molecular weight excluding hydrogens is 450 g/mol. The fraction of sp³-hybridized carbons (Fsp3) is 0.520. The van der Waals surface area contributed by atoms with Crippen LogP contribution in [0.25, 0.3) is 11.0 Å². The fourth-order valence-corrected chi connectivity index (χ4v) is 3.67. The van der Waals surface area contributed by atoms with Crippen molar-refractivity contribution in [1.29, 1.82) is 0 Å². The van der Waals surface area contributed by atoms with Crippen LogP contribution in [0.4, 0.5) is 5.69 Å². The van der Waals surface area contributed by atoms with E-state index in [2.05, 4.69) is 16.0 Å². The van der Waals surface area contributed by atoms with E-state index in [-0.39, 0.29) is 5.92 Å². The summed E-state index contributed by atoms with van der Waals surface area (Å²) in [4.78, 5) is 50.0. The van der Waals surface area contributed by atoms with Crippen molar-refractivity contribution in [1.82, 2.24) is 10.6 Å². The van der Waals surface area contributed by atoms with E-state index in [9.17, 15) is 19.2 Å². The molecule has 1 aromatic heterocycles. The first-order chi connectivity index (χ1) is 16.5. The van der Waals surface area contributed by atoms with Gasteiger partial charge < -0.3 is 31.8 Å². The Balaban J connectivity index is 2.21. The van der Waals surface area contributed by atoms with E-state index in [1.54, 1.807) is 25.1 Å². The smallest absolute Gasteiger partial charge is 0.336 e. The molecule has 7 N–H and O–H groups in total. The third-order valence-electron chi connectivity index (χ3n) is 5.55. The summed E-state index contributed by atoms with van der Waals surface area (Å²) in [5, 5.41) is 9.00. The second kappa shape index (κ2) is 13.0. The van der Waals surface area contributed by atoms with Crippen molar-refractivity contribution < 1.29 is 18.8 Å². The molecule has 2 rings (SSSR count). The molecule has 0 bridgehead atoms. The lowest BCUT2D eigenvalue weighted by molar-refractivity contribution is -0.131. The van der Waals surface area contributed by atoms with Crippen molar-refractivity contribution in [3.63, 3.8) is 0 Å². The monoisotopic (exact) mass is 487 g/mol. The number of anilines is 1. The highest BCUT2D eigenvalue weighted by atomic mass is 16.4. The molecule has 10 nitrogen and oxygen atoms in total. The summed E-state index contributed by atoms with van der Waals surface area (Å²) < 4.78 is 5.25. The lowest BCUT2D eigenvalue weighted by atomic mass is 10.0. The number of carbonyl (C=O) groups excluding carboxylic acids is 3. The third kappa shape index (κ3) is 8.48. The van der Waals surface area contributed by atoms with Crippen molar-refractivity contribution in [2.75, 3.05) is 11.9 Å². The van der Waals surface area contributed by atoms with Crippen LogP contribution in [0.5, 0.6) is 0 Å². The topological polar surface area (TPSA) is 170 Å². The summed E-state index contributed by atoms with van der Waals surface area (Å²) >= 11 is 0. The predicted octanol–water partition coefficient (Wildman–Crippen LogP) is 1.53. The molecule has 0 saturated carbocycles. The molecule has 1 aromatic carbocycles. The van der Waals surface area contributed by atoms with E-state index in [0.717, 1.165) is 10.9 Å². The molecule has 0 aliphatic heterocycles. The third-order valence-corrected chi connectivity index (χ3v) is 5.55. The minimum Gasteiger partial charge on any atom is -0.423 e. The molecule has 35 heavy (non-hydrogen) atoms. The summed E-state index contributed by atoms with van der Waals surface area (Å²) in [7, 11) is 0. The Kier molecular flexibility index (Phi) is 10.4. The lowest BCUT2D eigenvalue weighted by Gasteiger charge is -2.25. The summed E-state index contributed by atoms with van der Waals surface area (Å²) in [6.07, 6.45) is 2.08. The minimum atomic E-state index is -0.851. The number of hydrogen-bond donors (Lipinski definition) is 5. The molecule has 3 atom stereocenters. The number of fused-ring (bicyclic) bond motifs is 1. The Morgan fingerprint density at radius 2 is 1.66 bits per heavy atom. The van der Waals surface area contributed by atoms with Crippen LogP contribution >= 0.6 is 0 Å². The van der Waals surface area contributed by atoms with E-state index in [4.69, 9.17) is 15.9 Å². The maximum Gasteiger partial charge on any atom is 0.336 e. The zero-order valence-electron chi connectivity index (χ0n) is 20.9. The molecule has 0 radical (unpaired) electrons. The Morgan fingerprint density at radius 1 is 0.971 bits per heavy atom. The standard InChI is InChI=1S/C25H37N5O5/c1-14(2)11-20(30-23(32)16(4)27)25(34)29-19(7-5-6-10-26)24(33)28-17-8-9-18-15(3)12-22(31)35-21(18)13-17/h8-9,12-14,16,19-20H,5-7,10-11,26-27H2,1-4H3,(H,28,33)(H,29,34)(H,30,32)/t16-,19+,20-/m1/s1. The number of rotatable bonds is 12. The van der Waals surface area contributed by atoms with Crippen LogP contribution < -0.4 is 33.0 Å². The quantitative estimate of drug-likeness (QED) is 0.223. The molecule has 10 heteroatoms. The van der Waals surface area contributed by atoms with E-state index in [0.29, 0.717) is 43.5 Å². The zero-order chi connectivity index (χ0) is 26.1. The van der Waals surface area contributed by atoms with Crippen LogP contribution in [0.3, 0.4) is 0 Å². The van der Waals surface area contributed by atoms with Crippen LogP contribution in [-0.2, 0) is 14.4 Å². The lowest BCUT2D eigenvalue weighted by Crippen LogP contribution is -2.55. The number of unbranched alkanes of at least 4 members (excludes halogenated alkanes) is 1. The van der Waals surface area contributed by atoms with Gasteiger partial charge in [-0.1, -0.05) is 13.8 Å². The maximum absolute atomic E-state index is 13.1. The number of amides is 3. The SMILES string of the molecule is Cc1cc(=O)oc2cc(NC(=O)[C@H](CCCCN)NC(=O)[C@@H](CC(C)C)NC(=O)[C@@H](C)N)ccc12. The molecular formula is C25H37N5O5. The summed E-state index contributed by atoms with van der Waals surface area (Å²) in [5.74, 6) is -1.20. The van der Waals surface area contributed by atoms with Gasteiger partial charge in [-0.3, -0.25) is 14.4 Å². The molecule has 0 unspecified atom stereocenters. The van der Waals surface area contributed by atoms with Gasteiger partial charge in [0, 0.05) is 23.2 Å². The normalized spacial score (nSPS) is 13.8. The van der Waals surface area contributed by atoms with Gasteiger partial charge in [0.2, 0.25) is 17.7 Å². The summed E-state index contributed by atoms with van der Waals surface area (Å²) in [6, 6.07) is 4.00. The van der Waals surface area contributed by atoms with Gasteiger partial charge in [-0.15, -0.1) is 0 Å². The van der Waals surface area contributed by atoms with Crippen molar-refractivity contribution in [2.24, 2.45) is 17.4 Å². The van der Waals surface area contributed by atoms with Gasteiger partial charge in [0.1, 0.15) is 17.7 Å². The van der Waals surface area contributed by atoms with Gasteiger partial charge in [-0.2, -0.15) is 0 Å². The van der Waals surface area contributed by atoms with Crippen LogP contribution in [0.2, 0.25) is 0 Å². The molecule has 0 fully saturated rings. The van der Waals surface area contributed by atoms with Crippen LogP contribution in [0.15, 0.2) is 33.5 Å². The molecule has 0 spiro atoms. The number of benzene rings is 1. The summed E-state index contributed by atoms with van der Waals surface area (Å²) in [6.45, 7) is 7.67. The molecule has 0 aliphatic carbocycles. The van der Waals surface area contributed by atoms with Gasteiger partial charge in [-0.25, -0.2) is 4.79 Å². The predicted molar refractivity (Wildman–Crippen MR) is 136 cm³/mol. The van der Waals surface area contributed by atoms with Gasteiger partial charge in [0.15, 0.2) is 0 Å². The Bertz CT molecular complexity index is 1100. The minimum absolute atomic E-state index is 0.124. The van der Waals surface area contributed by atoms with Crippen LogP contribution in [0.1, 0.15) is 52.0 Å². The molecule has 3 amide bonds. The van der Waals surface area contributed by atoms with E-state index in [1.165, 1.54) is 13.0 Å². The number of aryl methyl sites for hydroxylation is 1. The average molecular weight is 488 g/mol. The van der Waals surface area contributed by atoms with Crippen LogP contribution in [-0.4, -0.2) is 42.4 Å². The highest BCUT2D eigenvalue weighted by Gasteiger charge is 2.28. The zero-order valence-corrected chi connectivity index (χ0v) is 20.9.